The summed E-state index contributed by atoms with van der Waals surface area (Å²) in [5.74, 6) is 0. The van der Waals surface area contributed by atoms with Gasteiger partial charge in [-0.3, -0.25) is 5.21 Å². The van der Waals surface area contributed by atoms with Crippen LogP contribution in [0.2, 0.25) is 0 Å². The molecule has 0 aromatic heterocycles. The molecule has 1 rings (SSSR count). The Bertz CT molecular complexity index is 241. The SMILES string of the molecule is C=Cc1ccc(N([O-])O)cc1. The van der Waals surface area contributed by atoms with Gasteiger partial charge in [0.15, 0.2) is 0 Å². The molecule has 3 nitrogen and oxygen atoms in total. The van der Waals surface area contributed by atoms with Crippen LogP contribution in [0.4, 0.5) is 5.69 Å². The van der Waals surface area contributed by atoms with Crippen molar-refractivity contribution < 1.29 is 5.21 Å². The third kappa shape index (κ3) is 1.80. The Morgan fingerprint density at radius 2 is 1.91 bits per heavy atom. The van der Waals surface area contributed by atoms with E-state index in [1.807, 2.05) is 0 Å². The van der Waals surface area contributed by atoms with Crippen LogP contribution in [0, 0.1) is 5.21 Å². The van der Waals surface area contributed by atoms with Crippen LogP contribution < -0.4 is 5.23 Å². The summed E-state index contributed by atoms with van der Waals surface area (Å²) in [6.45, 7) is 3.55. The van der Waals surface area contributed by atoms with E-state index in [1.165, 1.54) is 12.1 Å². The third-order valence-electron chi connectivity index (χ3n) is 1.35. The van der Waals surface area contributed by atoms with Crippen molar-refractivity contribution in [3.63, 3.8) is 0 Å². The minimum Gasteiger partial charge on any atom is -0.733 e. The molecule has 0 atom stereocenters. The van der Waals surface area contributed by atoms with E-state index in [1.54, 1.807) is 18.2 Å². The van der Waals surface area contributed by atoms with Gasteiger partial charge in [0, 0.05) is 0 Å². The fourth-order valence-corrected chi connectivity index (χ4v) is 0.738. The van der Waals surface area contributed by atoms with Crippen molar-refractivity contribution in [2.45, 2.75) is 0 Å². The number of benzene rings is 1. The zero-order chi connectivity index (χ0) is 8.27. The van der Waals surface area contributed by atoms with Gasteiger partial charge in [-0.25, -0.2) is 0 Å². The summed E-state index contributed by atoms with van der Waals surface area (Å²) in [5, 5.41) is 18.6. The van der Waals surface area contributed by atoms with Crippen LogP contribution in [-0.4, -0.2) is 5.21 Å². The lowest BCUT2D eigenvalue weighted by molar-refractivity contribution is 0.296. The van der Waals surface area contributed by atoms with Gasteiger partial charge in [0.05, 0.1) is 5.69 Å². The molecule has 0 aliphatic rings. The summed E-state index contributed by atoms with van der Waals surface area (Å²) < 4.78 is 0. The van der Waals surface area contributed by atoms with Gasteiger partial charge in [0.25, 0.3) is 0 Å². The third-order valence-corrected chi connectivity index (χ3v) is 1.35. The lowest BCUT2D eigenvalue weighted by Crippen LogP contribution is -2.06. The van der Waals surface area contributed by atoms with E-state index in [2.05, 4.69) is 6.58 Å². The van der Waals surface area contributed by atoms with Crippen LogP contribution in [0.5, 0.6) is 0 Å². The molecule has 0 radical (unpaired) electrons. The molecular weight excluding hydrogens is 142 g/mol. The summed E-state index contributed by atoms with van der Waals surface area (Å²) in [4.78, 5) is 0. The highest BCUT2D eigenvalue weighted by atomic mass is 16.8. The van der Waals surface area contributed by atoms with Crippen molar-refractivity contribution in [3.8, 4) is 0 Å². The first-order chi connectivity index (χ1) is 5.24. The van der Waals surface area contributed by atoms with Gasteiger partial charge < -0.3 is 10.4 Å². The zero-order valence-electron chi connectivity index (χ0n) is 5.90. The molecule has 1 aromatic carbocycles. The summed E-state index contributed by atoms with van der Waals surface area (Å²) in [5.41, 5.74) is 1.13. The molecule has 0 heterocycles. The molecule has 1 aromatic rings. The zero-order valence-corrected chi connectivity index (χ0v) is 5.90. The molecule has 11 heavy (non-hydrogen) atoms. The molecule has 0 unspecified atom stereocenters. The van der Waals surface area contributed by atoms with Crippen LogP contribution in [0.1, 0.15) is 5.56 Å². The second-order valence-corrected chi connectivity index (χ2v) is 2.07. The van der Waals surface area contributed by atoms with Gasteiger partial charge in [0.2, 0.25) is 0 Å². The molecule has 0 aliphatic carbocycles. The first-order valence-electron chi connectivity index (χ1n) is 3.12. The van der Waals surface area contributed by atoms with Gasteiger partial charge >= 0.3 is 0 Å². The van der Waals surface area contributed by atoms with E-state index in [9.17, 15) is 5.21 Å². The second kappa shape index (κ2) is 3.18. The molecule has 0 bridgehead atoms. The highest BCUT2D eigenvalue weighted by Gasteiger charge is 1.89. The normalized spacial score (nSPS) is 9.27. The minimum atomic E-state index is -0.174. The number of rotatable bonds is 2. The standard InChI is InChI=1S/C8H8NO2/c1-2-7-3-5-8(6-4-7)9(10)11/h2-6,10H,1H2/q-1. The van der Waals surface area contributed by atoms with Gasteiger partial charge in [-0.15, -0.1) is 0 Å². The summed E-state index contributed by atoms with van der Waals surface area (Å²) in [6, 6.07) is 6.43. The molecule has 0 spiro atoms. The topological polar surface area (TPSA) is 46.5 Å². The van der Waals surface area contributed by atoms with E-state index in [-0.39, 0.29) is 10.9 Å². The molecule has 0 fully saturated rings. The predicted octanol–water partition coefficient (Wildman–Crippen LogP) is 2.02. The molecule has 0 amide bonds. The smallest absolute Gasteiger partial charge is 0.0509 e. The Morgan fingerprint density at radius 1 is 1.36 bits per heavy atom. The fourth-order valence-electron chi connectivity index (χ4n) is 0.738. The van der Waals surface area contributed by atoms with E-state index in [0.717, 1.165) is 5.56 Å². The van der Waals surface area contributed by atoms with Crippen LogP contribution in [-0.2, 0) is 0 Å². The highest BCUT2D eigenvalue weighted by Crippen LogP contribution is 2.12. The Balaban J connectivity index is 2.91. The number of nitrogens with zero attached hydrogens (tertiary/aromatic N) is 1. The lowest BCUT2D eigenvalue weighted by Gasteiger charge is -2.21. The number of anilines is 1. The first-order valence-corrected chi connectivity index (χ1v) is 3.12. The molecular formula is C8H8NO2-. The average molecular weight is 150 g/mol. The van der Waals surface area contributed by atoms with Gasteiger partial charge in [0.1, 0.15) is 0 Å². The van der Waals surface area contributed by atoms with Gasteiger partial charge in [-0.2, -0.15) is 0 Å². The van der Waals surface area contributed by atoms with E-state index < -0.39 is 0 Å². The average Bonchev–Trinajstić information content (AvgIpc) is 2.05. The number of hydrogen-bond donors (Lipinski definition) is 1. The molecule has 3 heteroatoms. The molecule has 0 aliphatic heterocycles. The molecule has 0 saturated carbocycles. The maximum absolute atomic E-state index is 10.3. The van der Waals surface area contributed by atoms with Crippen LogP contribution >= 0.6 is 0 Å². The van der Waals surface area contributed by atoms with E-state index in [4.69, 9.17) is 5.21 Å². The van der Waals surface area contributed by atoms with Crippen molar-refractivity contribution >= 4 is 11.8 Å². The molecule has 58 valence electrons. The quantitative estimate of drug-likeness (QED) is 0.656. The Kier molecular flexibility index (Phi) is 2.25. The van der Waals surface area contributed by atoms with Crippen molar-refractivity contribution in [1.29, 1.82) is 0 Å². The molecule has 0 saturated heterocycles. The highest BCUT2D eigenvalue weighted by molar-refractivity contribution is 5.53. The predicted molar refractivity (Wildman–Crippen MR) is 44.2 cm³/mol. The fraction of sp³-hybridized carbons (Fsp3) is 0. The second-order valence-electron chi connectivity index (χ2n) is 2.07. The van der Waals surface area contributed by atoms with E-state index in [0.29, 0.717) is 0 Å². The van der Waals surface area contributed by atoms with Gasteiger partial charge in [-0.05, 0) is 17.7 Å². The maximum Gasteiger partial charge on any atom is 0.0509 e. The largest absolute Gasteiger partial charge is 0.733 e. The molecule has 1 N–H and O–H groups in total. The van der Waals surface area contributed by atoms with E-state index >= 15 is 0 Å². The van der Waals surface area contributed by atoms with Crippen molar-refractivity contribution in [3.05, 3.63) is 41.6 Å². The van der Waals surface area contributed by atoms with Crippen LogP contribution in [0.25, 0.3) is 6.08 Å². The number of hydrogen-bond acceptors (Lipinski definition) is 3. The lowest BCUT2D eigenvalue weighted by atomic mass is 10.2. The maximum atomic E-state index is 10.3. The Hall–Kier alpha value is -1.32. The Labute approximate surface area is 64.7 Å². The monoisotopic (exact) mass is 150 g/mol. The van der Waals surface area contributed by atoms with Crippen molar-refractivity contribution in [2.75, 3.05) is 5.23 Å². The summed E-state index contributed by atoms with van der Waals surface area (Å²) in [6.07, 6.45) is 1.66. The first kappa shape index (κ1) is 7.78. The summed E-state index contributed by atoms with van der Waals surface area (Å²) in [7, 11) is 0. The van der Waals surface area contributed by atoms with Crippen molar-refractivity contribution in [2.24, 2.45) is 0 Å². The van der Waals surface area contributed by atoms with Gasteiger partial charge in [-0.1, -0.05) is 24.8 Å². The minimum absolute atomic E-state index is 0.174. The van der Waals surface area contributed by atoms with Crippen LogP contribution in [0.3, 0.4) is 0 Å². The van der Waals surface area contributed by atoms with Crippen LogP contribution in [0.15, 0.2) is 30.8 Å². The van der Waals surface area contributed by atoms with Crippen molar-refractivity contribution in [1.82, 2.24) is 0 Å². The summed E-state index contributed by atoms with van der Waals surface area (Å²) >= 11 is 0. The Morgan fingerprint density at radius 3 is 2.27 bits per heavy atom.